The van der Waals surface area contributed by atoms with E-state index >= 15 is 0 Å². The Morgan fingerprint density at radius 1 is 1.03 bits per heavy atom. The molecule has 0 amide bonds. The highest BCUT2D eigenvalue weighted by molar-refractivity contribution is 5.59. The number of fused-ring (bicyclic) bond motifs is 2. The number of hydrogen-bond donors (Lipinski definition) is 1. The molecule has 5 rings (SSSR count). The van der Waals surface area contributed by atoms with Gasteiger partial charge in [-0.05, 0) is 12.1 Å². The van der Waals surface area contributed by atoms with Gasteiger partial charge in [0.1, 0.15) is 5.75 Å². The van der Waals surface area contributed by atoms with Gasteiger partial charge in [-0.15, -0.1) is 0 Å². The lowest BCUT2D eigenvalue weighted by molar-refractivity contribution is -0.0785. The molecule has 0 bridgehead atoms. The minimum Gasteiger partial charge on any atom is -0.504 e. The van der Waals surface area contributed by atoms with Crippen molar-refractivity contribution in [2.75, 3.05) is 40.2 Å². The molecule has 7 heteroatoms. The lowest BCUT2D eigenvalue weighted by Crippen LogP contribution is -2.52. The van der Waals surface area contributed by atoms with Crippen molar-refractivity contribution in [3.8, 4) is 28.7 Å². The number of nitrogens with zero attached hydrogens (tertiary/aromatic N) is 1. The molecule has 0 spiro atoms. The van der Waals surface area contributed by atoms with Crippen LogP contribution in [0.1, 0.15) is 24.0 Å². The number of para-hydroxylation sites is 1. The lowest BCUT2D eigenvalue weighted by atomic mass is 9.77. The summed E-state index contributed by atoms with van der Waals surface area (Å²) in [6.45, 7) is 5.37. The van der Waals surface area contributed by atoms with Gasteiger partial charge in [0.05, 0.1) is 20.3 Å². The lowest BCUT2D eigenvalue weighted by Gasteiger charge is -2.44. The van der Waals surface area contributed by atoms with Crippen LogP contribution in [0, 0.1) is 5.92 Å². The third kappa shape index (κ3) is 3.05. The number of benzene rings is 2. The van der Waals surface area contributed by atoms with E-state index in [-0.39, 0.29) is 30.6 Å². The second kappa shape index (κ2) is 7.31. The molecule has 3 aliphatic heterocycles. The molecule has 3 atom stereocenters. The predicted molar refractivity (Wildman–Crippen MR) is 105 cm³/mol. The van der Waals surface area contributed by atoms with Crippen molar-refractivity contribution in [1.82, 2.24) is 4.90 Å². The number of ether oxygens (including phenoxy) is 5. The summed E-state index contributed by atoms with van der Waals surface area (Å²) in [5, 5.41) is 10.9. The summed E-state index contributed by atoms with van der Waals surface area (Å²) in [6, 6.07) is 9.51. The van der Waals surface area contributed by atoms with E-state index in [4.69, 9.17) is 23.7 Å². The third-order valence-electron chi connectivity index (χ3n) is 6.05. The largest absolute Gasteiger partial charge is 0.504 e. The topological polar surface area (TPSA) is 69.6 Å². The second-order valence-electron chi connectivity index (χ2n) is 7.63. The van der Waals surface area contributed by atoms with Gasteiger partial charge >= 0.3 is 0 Å². The van der Waals surface area contributed by atoms with Crippen molar-refractivity contribution in [2.45, 2.75) is 19.1 Å². The second-order valence-corrected chi connectivity index (χ2v) is 7.63. The number of hydrogen-bond acceptors (Lipinski definition) is 7. The Labute approximate surface area is 169 Å². The van der Waals surface area contributed by atoms with Crippen LogP contribution in [-0.4, -0.2) is 56.4 Å². The van der Waals surface area contributed by atoms with Gasteiger partial charge in [-0.2, -0.15) is 0 Å². The normalized spacial score (nSPS) is 25.9. The van der Waals surface area contributed by atoms with E-state index in [1.807, 2.05) is 24.3 Å². The molecule has 154 valence electrons. The van der Waals surface area contributed by atoms with Gasteiger partial charge in [0.2, 0.25) is 6.79 Å². The zero-order valence-electron chi connectivity index (χ0n) is 16.6. The Hall–Kier alpha value is -2.64. The predicted octanol–water partition coefficient (Wildman–Crippen LogP) is 2.95. The first kappa shape index (κ1) is 18.4. The van der Waals surface area contributed by atoms with Crippen LogP contribution in [0.15, 0.2) is 30.3 Å². The molecular weight excluding hydrogens is 374 g/mol. The zero-order chi connectivity index (χ0) is 20.0. The summed E-state index contributed by atoms with van der Waals surface area (Å²) < 4.78 is 28.5. The molecule has 3 aliphatic rings. The zero-order valence-corrected chi connectivity index (χ0v) is 16.6. The molecule has 1 N–H and O–H groups in total. The minimum absolute atomic E-state index is 0.0824. The van der Waals surface area contributed by atoms with Crippen molar-refractivity contribution in [3.05, 3.63) is 41.5 Å². The molecule has 2 aromatic rings. The van der Waals surface area contributed by atoms with Crippen LogP contribution in [0.2, 0.25) is 0 Å². The Balaban J connectivity index is 1.63. The molecule has 0 unspecified atom stereocenters. The molecule has 0 aliphatic carbocycles. The standard InChI is InChI=1S/C22H25NO6/c1-13-20(14-4-3-5-16(25-2)21(14)24)15-10-18-19(28-12-27-18)11-17(15)29-22(13)23-6-8-26-9-7-23/h3-5,10-11,13,20,22,24H,6-9,12H2,1-2H3/t13-,20-,22+/m1/s1. The van der Waals surface area contributed by atoms with Gasteiger partial charge in [-0.1, -0.05) is 19.1 Å². The molecule has 0 aromatic heterocycles. The first-order chi connectivity index (χ1) is 14.2. The molecule has 2 aromatic carbocycles. The van der Waals surface area contributed by atoms with Crippen LogP contribution in [0.5, 0.6) is 28.7 Å². The van der Waals surface area contributed by atoms with Gasteiger partial charge in [-0.25, -0.2) is 0 Å². The van der Waals surface area contributed by atoms with Gasteiger partial charge in [-0.3, -0.25) is 4.90 Å². The fourth-order valence-electron chi connectivity index (χ4n) is 4.61. The Bertz CT molecular complexity index is 910. The average molecular weight is 399 g/mol. The summed E-state index contributed by atoms with van der Waals surface area (Å²) >= 11 is 0. The fourth-order valence-corrected chi connectivity index (χ4v) is 4.61. The van der Waals surface area contributed by atoms with Gasteiger partial charge < -0.3 is 28.8 Å². The molecule has 0 radical (unpaired) electrons. The summed E-state index contributed by atoms with van der Waals surface area (Å²) in [5.74, 6) is 2.78. The Kier molecular flexibility index (Phi) is 4.64. The maximum Gasteiger partial charge on any atom is 0.231 e. The van der Waals surface area contributed by atoms with E-state index in [1.165, 1.54) is 0 Å². The molecule has 7 nitrogen and oxygen atoms in total. The summed E-state index contributed by atoms with van der Waals surface area (Å²) in [5.41, 5.74) is 1.80. The monoisotopic (exact) mass is 399 g/mol. The number of phenols is 1. The molecular formula is C22H25NO6. The van der Waals surface area contributed by atoms with E-state index in [0.29, 0.717) is 30.5 Å². The van der Waals surface area contributed by atoms with Crippen LogP contribution in [0.4, 0.5) is 0 Å². The van der Waals surface area contributed by atoms with Gasteiger partial charge in [0.25, 0.3) is 0 Å². The van der Waals surface area contributed by atoms with Crippen LogP contribution < -0.4 is 18.9 Å². The first-order valence-electron chi connectivity index (χ1n) is 9.95. The molecule has 3 heterocycles. The quantitative estimate of drug-likeness (QED) is 0.851. The Morgan fingerprint density at radius 3 is 2.55 bits per heavy atom. The maximum absolute atomic E-state index is 10.9. The van der Waals surface area contributed by atoms with Crippen LogP contribution in [-0.2, 0) is 4.74 Å². The van der Waals surface area contributed by atoms with Crippen LogP contribution in [0.3, 0.4) is 0 Å². The SMILES string of the molecule is COc1cccc([C@@H]2c3cc4c(cc3O[C@H](N3CCOCC3)[C@@H]2C)OCO4)c1O. The number of phenolic OH excluding ortho intramolecular Hbond substituents is 1. The van der Waals surface area contributed by atoms with Crippen LogP contribution in [0.25, 0.3) is 0 Å². The third-order valence-corrected chi connectivity index (χ3v) is 6.05. The molecule has 29 heavy (non-hydrogen) atoms. The molecule has 1 saturated heterocycles. The van der Waals surface area contributed by atoms with Crippen molar-refractivity contribution < 1.29 is 28.8 Å². The van der Waals surface area contributed by atoms with E-state index in [0.717, 1.165) is 30.0 Å². The van der Waals surface area contributed by atoms with E-state index in [2.05, 4.69) is 11.8 Å². The van der Waals surface area contributed by atoms with Crippen molar-refractivity contribution in [1.29, 1.82) is 0 Å². The molecule has 0 saturated carbocycles. The van der Waals surface area contributed by atoms with E-state index in [9.17, 15) is 5.11 Å². The highest BCUT2D eigenvalue weighted by Crippen LogP contribution is 2.52. The van der Waals surface area contributed by atoms with E-state index in [1.54, 1.807) is 13.2 Å². The van der Waals surface area contributed by atoms with Crippen molar-refractivity contribution in [3.63, 3.8) is 0 Å². The highest BCUT2D eigenvalue weighted by atomic mass is 16.7. The highest BCUT2D eigenvalue weighted by Gasteiger charge is 2.42. The summed E-state index contributed by atoms with van der Waals surface area (Å²) in [7, 11) is 1.56. The van der Waals surface area contributed by atoms with Gasteiger partial charge in [0, 0.05) is 42.1 Å². The number of aromatic hydroxyl groups is 1. The fraction of sp³-hybridized carbons (Fsp3) is 0.455. The van der Waals surface area contributed by atoms with Crippen molar-refractivity contribution in [2.24, 2.45) is 5.92 Å². The number of morpholine rings is 1. The first-order valence-corrected chi connectivity index (χ1v) is 9.95. The summed E-state index contributed by atoms with van der Waals surface area (Å²) in [4.78, 5) is 2.31. The minimum atomic E-state index is -0.137. The van der Waals surface area contributed by atoms with E-state index < -0.39 is 0 Å². The maximum atomic E-state index is 10.9. The number of methoxy groups -OCH3 is 1. The summed E-state index contributed by atoms with van der Waals surface area (Å²) in [6.07, 6.45) is -0.137. The van der Waals surface area contributed by atoms with Crippen molar-refractivity contribution >= 4 is 0 Å². The average Bonchev–Trinajstić information content (AvgIpc) is 3.20. The smallest absolute Gasteiger partial charge is 0.231 e. The van der Waals surface area contributed by atoms with Crippen LogP contribution >= 0.6 is 0 Å². The number of rotatable bonds is 3. The van der Waals surface area contributed by atoms with Gasteiger partial charge in [0.15, 0.2) is 29.2 Å². The molecule has 1 fully saturated rings. The Morgan fingerprint density at radius 2 is 1.79 bits per heavy atom.